The lowest BCUT2D eigenvalue weighted by molar-refractivity contribution is -0.119. The molecule has 1 unspecified atom stereocenters. The van der Waals surface area contributed by atoms with Crippen molar-refractivity contribution in [2.75, 3.05) is 17.2 Å². The van der Waals surface area contributed by atoms with Crippen molar-refractivity contribution >= 4 is 34.9 Å². The minimum atomic E-state index is -1.02. The zero-order chi connectivity index (χ0) is 29.1. The summed E-state index contributed by atoms with van der Waals surface area (Å²) in [4.78, 5) is 27.6. The Labute approximate surface area is 242 Å². The van der Waals surface area contributed by atoms with E-state index in [1.54, 1.807) is 48.5 Å². The molecule has 3 aromatic carbocycles. The topological polar surface area (TPSA) is 131 Å². The molecule has 1 heterocycles. The number of halogens is 2. The summed E-state index contributed by atoms with van der Waals surface area (Å²) in [6.45, 7) is -0.0532. The minimum absolute atomic E-state index is 0.00431. The molecule has 10 heteroatoms. The highest BCUT2D eigenvalue weighted by Gasteiger charge is 2.40. The summed E-state index contributed by atoms with van der Waals surface area (Å²) in [6, 6.07) is 18.5. The molecule has 5 rings (SSSR count). The van der Waals surface area contributed by atoms with Crippen molar-refractivity contribution in [1.82, 2.24) is 4.90 Å². The van der Waals surface area contributed by atoms with Crippen molar-refractivity contribution < 1.29 is 19.1 Å². The van der Waals surface area contributed by atoms with Crippen LogP contribution in [0.4, 0.5) is 20.6 Å². The number of aliphatic hydroxyl groups excluding tert-OH is 1. The first-order valence-corrected chi connectivity index (χ1v) is 14.0. The number of aliphatic hydroxyl groups is 1. The van der Waals surface area contributed by atoms with Crippen molar-refractivity contribution in [2.45, 2.75) is 49.8 Å². The molecule has 5 N–H and O–H groups in total. The van der Waals surface area contributed by atoms with Crippen molar-refractivity contribution in [1.29, 1.82) is 5.26 Å². The van der Waals surface area contributed by atoms with Crippen LogP contribution >= 0.6 is 11.6 Å². The molecule has 0 radical (unpaired) electrons. The van der Waals surface area contributed by atoms with Crippen LogP contribution in [0.3, 0.4) is 0 Å². The molecular weight excluding hydrogens is 545 g/mol. The van der Waals surface area contributed by atoms with Crippen LogP contribution in [0, 0.1) is 23.1 Å². The van der Waals surface area contributed by atoms with Crippen molar-refractivity contribution in [2.24, 2.45) is 11.7 Å². The predicted octanol–water partition coefficient (Wildman–Crippen LogP) is 5.35. The summed E-state index contributed by atoms with van der Waals surface area (Å²) in [5.41, 5.74) is 8.20. The van der Waals surface area contributed by atoms with Gasteiger partial charge in [-0.05, 0) is 78.4 Å². The van der Waals surface area contributed by atoms with Crippen molar-refractivity contribution in [3.63, 3.8) is 0 Å². The lowest BCUT2D eigenvalue weighted by Crippen LogP contribution is -2.45. The van der Waals surface area contributed by atoms with Crippen LogP contribution in [-0.2, 0) is 10.3 Å². The Morgan fingerprint density at radius 3 is 2.54 bits per heavy atom. The zero-order valence-corrected chi connectivity index (χ0v) is 23.1. The molecule has 0 bridgehead atoms. The van der Waals surface area contributed by atoms with Gasteiger partial charge in [-0.1, -0.05) is 42.6 Å². The minimum Gasteiger partial charge on any atom is -0.391 e. The van der Waals surface area contributed by atoms with Crippen molar-refractivity contribution in [3.8, 4) is 6.07 Å². The highest BCUT2D eigenvalue weighted by molar-refractivity contribution is 6.30. The van der Waals surface area contributed by atoms with E-state index < -0.39 is 35.4 Å². The largest absolute Gasteiger partial charge is 0.391 e. The van der Waals surface area contributed by atoms with Gasteiger partial charge in [-0.15, -0.1) is 0 Å². The van der Waals surface area contributed by atoms with E-state index in [9.17, 15) is 20.0 Å². The molecule has 3 aromatic rings. The fraction of sp³-hybridized carbons (Fsp3) is 0.323. The molecule has 1 saturated carbocycles. The molecule has 3 amide bonds. The number of nitrogens with zero attached hydrogens (tertiary/aromatic N) is 2. The summed E-state index contributed by atoms with van der Waals surface area (Å²) in [7, 11) is 0. The number of benzene rings is 3. The number of urea groups is 1. The average Bonchev–Trinajstić information content (AvgIpc) is 3.72. The lowest BCUT2D eigenvalue weighted by atomic mass is 9.79. The number of hydrogen-bond acceptors (Lipinski definition) is 5. The molecule has 0 aromatic heterocycles. The summed E-state index contributed by atoms with van der Waals surface area (Å²) in [5, 5.41) is 25.6. The second-order valence-electron chi connectivity index (χ2n) is 10.8. The molecule has 2 fully saturated rings. The molecule has 1 aliphatic heterocycles. The van der Waals surface area contributed by atoms with Crippen LogP contribution < -0.4 is 16.4 Å². The molecular formula is C31H31ClFN5O3. The van der Waals surface area contributed by atoms with Gasteiger partial charge in [0, 0.05) is 23.7 Å². The van der Waals surface area contributed by atoms with Crippen LogP contribution in [0.1, 0.15) is 48.8 Å². The standard InChI is InChI=1S/C31H31ClFN5O3/c32-23-7-9-24(10-8-23)36-30(41)38-18-25(39)16-28(38)29(40)37-27-15-22(6-11-26(27)33)31(35,13-12-19-4-5-19)21-3-1-2-20(14-21)17-34/h1-3,6-11,14-15,19,25,28,39H,4-5,12-13,16,18,35H2,(H,36,41)(H,37,40)/t25-,28+,31?/m1/s1. The molecule has 8 nitrogen and oxygen atoms in total. The number of likely N-dealkylation sites (tertiary alicyclic amines) is 1. The van der Waals surface area contributed by atoms with Gasteiger partial charge >= 0.3 is 6.03 Å². The number of nitrogens with two attached hydrogens (primary N) is 1. The Balaban J connectivity index is 1.38. The van der Waals surface area contributed by atoms with E-state index in [1.165, 1.54) is 17.0 Å². The number of carbonyl (C=O) groups is 2. The second kappa shape index (κ2) is 11.9. The first-order valence-electron chi connectivity index (χ1n) is 13.6. The summed E-state index contributed by atoms with van der Waals surface area (Å²) in [5.74, 6) is -0.695. The van der Waals surface area contributed by atoms with Crippen LogP contribution in [0.15, 0.2) is 66.7 Å². The number of rotatable bonds is 8. The average molecular weight is 576 g/mol. The van der Waals surface area contributed by atoms with Crippen molar-refractivity contribution in [3.05, 3.63) is 94.3 Å². The van der Waals surface area contributed by atoms with Gasteiger partial charge in [-0.25, -0.2) is 9.18 Å². The smallest absolute Gasteiger partial charge is 0.322 e. The summed E-state index contributed by atoms with van der Waals surface area (Å²) < 4.78 is 15.1. The first kappa shape index (κ1) is 28.6. The first-order chi connectivity index (χ1) is 19.7. The van der Waals surface area contributed by atoms with Crippen LogP contribution in [0.2, 0.25) is 5.02 Å². The van der Waals surface area contributed by atoms with E-state index in [4.69, 9.17) is 17.3 Å². The number of nitriles is 1. The maximum absolute atomic E-state index is 15.1. The molecule has 1 saturated heterocycles. The number of hydrogen-bond donors (Lipinski definition) is 4. The Morgan fingerprint density at radius 1 is 1.10 bits per heavy atom. The molecule has 2 aliphatic rings. The van der Waals surface area contributed by atoms with Gasteiger partial charge in [-0.2, -0.15) is 5.26 Å². The quantitative estimate of drug-likeness (QED) is 0.287. The zero-order valence-electron chi connectivity index (χ0n) is 22.3. The third kappa shape index (κ3) is 6.51. The number of nitrogens with one attached hydrogen (secondary N) is 2. The molecule has 1 aliphatic carbocycles. The number of β-amino-alcohol motifs (C(OH)–C–C–N with tert-alkyl or cyclic N) is 1. The third-order valence-electron chi connectivity index (χ3n) is 7.83. The fourth-order valence-corrected chi connectivity index (χ4v) is 5.42. The number of anilines is 2. The second-order valence-corrected chi connectivity index (χ2v) is 11.3. The highest BCUT2D eigenvalue weighted by Crippen LogP contribution is 2.40. The van der Waals surface area contributed by atoms with E-state index in [0.29, 0.717) is 34.2 Å². The van der Waals surface area contributed by atoms with Crippen LogP contribution in [-0.4, -0.2) is 40.6 Å². The Morgan fingerprint density at radius 2 is 1.83 bits per heavy atom. The Hall–Kier alpha value is -3.97. The predicted molar refractivity (Wildman–Crippen MR) is 155 cm³/mol. The van der Waals surface area contributed by atoms with Gasteiger partial charge in [0.05, 0.1) is 29.0 Å². The maximum atomic E-state index is 15.1. The van der Waals surface area contributed by atoms with Gasteiger partial charge in [0.2, 0.25) is 5.91 Å². The van der Waals surface area contributed by atoms with E-state index >= 15 is 4.39 Å². The van der Waals surface area contributed by atoms with Gasteiger partial charge in [0.25, 0.3) is 0 Å². The molecule has 212 valence electrons. The van der Waals surface area contributed by atoms with E-state index in [2.05, 4.69) is 16.7 Å². The summed E-state index contributed by atoms with van der Waals surface area (Å²) in [6.07, 6.45) is 2.85. The van der Waals surface area contributed by atoms with E-state index in [-0.39, 0.29) is 18.7 Å². The molecule has 0 spiro atoms. The maximum Gasteiger partial charge on any atom is 0.322 e. The Kier molecular flexibility index (Phi) is 8.27. The fourth-order valence-electron chi connectivity index (χ4n) is 5.29. The summed E-state index contributed by atoms with van der Waals surface area (Å²) >= 11 is 5.91. The Bertz CT molecular complexity index is 1490. The van der Waals surface area contributed by atoms with Crippen LogP contribution in [0.25, 0.3) is 0 Å². The van der Waals surface area contributed by atoms with Gasteiger partial charge in [0.15, 0.2) is 0 Å². The van der Waals surface area contributed by atoms with Gasteiger partial charge in [0.1, 0.15) is 11.9 Å². The normalized spacial score (nSPS) is 19.7. The van der Waals surface area contributed by atoms with E-state index in [1.807, 2.05) is 6.07 Å². The van der Waals surface area contributed by atoms with E-state index in [0.717, 1.165) is 24.8 Å². The molecule has 41 heavy (non-hydrogen) atoms. The third-order valence-corrected chi connectivity index (χ3v) is 8.08. The number of amides is 3. The van der Waals surface area contributed by atoms with Gasteiger partial charge < -0.3 is 26.4 Å². The molecule has 3 atom stereocenters. The SMILES string of the molecule is N#Cc1cccc(C(N)(CCC2CC2)c2ccc(F)c(NC(=O)[C@@H]3C[C@@H](O)CN3C(=O)Nc3ccc(Cl)cc3)c2)c1. The van der Waals surface area contributed by atoms with Gasteiger partial charge in [-0.3, -0.25) is 4.79 Å². The van der Waals surface area contributed by atoms with Crippen LogP contribution in [0.5, 0.6) is 0 Å². The lowest BCUT2D eigenvalue weighted by Gasteiger charge is -2.32. The highest BCUT2D eigenvalue weighted by atomic mass is 35.5. The monoisotopic (exact) mass is 575 g/mol. The number of carbonyl (C=O) groups excluding carboxylic acids is 2.